The van der Waals surface area contributed by atoms with Crippen LogP contribution in [-0.4, -0.2) is 22.5 Å². The Hall–Kier alpha value is -1.81. The van der Waals surface area contributed by atoms with E-state index in [-0.39, 0.29) is 17.5 Å². The normalized spacial score (nSPS) is 13.4. The second-order valence-electron chi connectivity index (χ2n) is 6.20. The molecule has 0 saturated heterocycles. The van der Waals surface area contributed by atoms with Gasteiger partial charge >= 0.3 is 0 Å². The van der Waals surface area contributed by atoms with Crippen molar-refractivity contribution in [1.29, 1.82) is 0 Å². The Balaban J connectivity index is 1.98. The van der Waals surface area contributed by atoms with Gasteiger partial charge in [0.15, 0.2) is 0 Å². The van der Waals surface area contributed by atoms with Gasteiger partial charge in [-0.05, 0) is 45.4 Å². The van der Waals surface area contributed by atoms with Crippen molar-refractivity contribution in [2.24, 2.45) is 0 Å². The van der Waals surface area contributed by atoms with E-state index < -0.39 is 0 Å². The summed E-state index contributed by atoms with van der Waals surface area (Å²) in [6.07, 6.45) is 1.93. The van der Waals surface area contributed by atoms with Gasteiger partial charge < -0.3 is 15.6 Å². The van der Waals surface area contributed by atoms with E-state index in [9.17, 15) is 4.79 Å². The number of amides is 1. The van der Waals surface area contributed by atoms with Crippen LogP contribution in [0.2, 0.25) is 0 Å². The molecule has 0 bridgehead atoms. The summed E-state index contributed by atoms with van der Waals surface area (Å²) in [6, 6.07) is 8.00. The highest BCUT2D eigenvalue weighted by molar-refractivity contribution is 5.83. The average Bonchev–Trinajstić information content (AvgIpc) is 2.82. The van der Waals surface area contributed by atoms with Gasteiger partial charge in [-0.3, -0.25) is 4.79 Å². The highest BCUT2D eigenvalue weighted by Crippen LogP contribution is 2.17. The SMILES string of the molecule is CC(NCc1cccc2[nH]ccc12)C(=O)NC(C)(C)C. The maximum atomic E-state index is 12.0. The second-order valence-corrected chi connectivity index (χ2v) is 6.20. The molecule has 4 heteroatoms. The lowest BCUT2D eigenvalue weighted by Gasteiger charge is -2.23. The van der Waals surface area contributed by atoms with Crippen molar-refractivity contribution in [3.8, 4) is 0 Å². The summed E-state index contributed by atoms with van der Waals surface area (Å²) in [5, 5.41) is 7.45. The molecule has 2 rings (SSSR count). The first kappa shape index (κ1) is 14.6. The smallest absolute Gasteiger partial charge is 0.237 e. The first-order valence-electron chi connectivity index (χ1n) is 6.97. The van der Waals surface area contributed by atoms with Crippen molar-refractivity contribution < 1.29 is 4.79 Å². The molecule has 0 spiro atoms. The van der Waals surface area contributed by atoms with E-state index in [4.69, 9.17) is 0 Å². The highest BCUT2D eigenvalue weighted by atomic mass is 16.2. The van der Waals surface area contributed by atoms with Gasteiger partial charge in [0, 0.05) is 29.2 Å². The summed E-state index contributed by atoms with van der Waals surface area (Å²) in [7, 11) is 0. The quantitative estimate of drug-likeness (QED) is 0.802. The summed E-state index contributed by atoms with van der Waals surface area (Å²) >= 11 is 0. The number of carbonyl (C=O) groups is 1. The molecule has 0 aliphatic carbocycles. The van der Waals surface area contributed by atoms with Crippen molar-refractivity contribution in [3.63, 3.8) is 0 Å². The third-order valence-electron chi connectivity index (χ3n) is 3.18. The van der Waals surface area contributed by atoms with Crippen LogP contribution in [0.1, 0.15) is 33.3 Å². The standard InChI is InChI=1S/C16H23N3O/c1-11(15(20)19-16(2,3)4)18-10-12-6-5-7-14-13(12)8-9-17-14/h5-9,11,17-18H,10H2,1-4H3,(H,19,20). The van der Waals surface area contributed by atoms with Crippen LogP contribution in [0.5, 0.6) is 0 Å². The van der Waals surface area contributed by atoms with E-state index in [0.717, 1.165) is 5.52 Å². The van der Waals surface area contributed by atoms with Gasteiger partial charge in [0.25, 0.3) is 0 Å². The molecule has 1 atom stereocenters. The zero-order chi connectivity index (χ0) is 14.8. The van der Waals surface area contributed by atoms with E-state index in [1.165, 1.54) is 10.9 Å². The molecule has 0 fully saturated rings. The maximum Gasteiger partial charge on any atom is 0.237 e. The number of carbonyl (C=O) groups excluding carboxylic acids is 1. The van der Waals surface area contributed by atoms with Gasteiger partial charge in [-0.25, -0.2) is 0 Å². The molecule has 3 N–H and O–H groups in total. The minimum absolute atomic E-state index is 0.0266. The molecule has 1 amide bonds. The van der Waals surface area contributed by atoms with Gasteiger partial charge in [0.05, 0.1) is 6.04 Å². The van der Waals surface area contributed by atoms with E-state index in [2.05, 4.69) is 33.8 Å². The molecule has 1 aromatic heterocycles. The molecule has 20 heavy (non-hydrogen) atoms. The lowest BCUT2D eigenvalue weighted by atomic mass is 10.1. The van der Waals surface area contributed by atoms with Gasteiger partial charge in [0.1, 0.15) is 0 Å². The molecular formula is C16H23N3O. The molecule has 1 heterocycles. The minimum atomic E-state index is -0.219. The van der Waals surface area contributed by atoms with Crippen LogP contribution in [0.3, 0.4) is 0 Å². The Kier molecular flexibility index (Phi) is 4.14. The summed E-state index contributed by atoms with van der Waals surface area (Å²) in [6.45, 7) is 8.51. The first-order chi connectivity index (χ1) is 9.37. The molecule has 0 aliphatic heterocycles. The van der Waals surface area contributed by atoms with Gasteiger partial charge in [-0.2, -0.15) is 0 Å². The first-order valence-corrected chi connectivity index (χ1v) is 6.97. The fraction of sp³-hybridized carbons (Fsp3) is 0.438. The summed E-state index contributed by atoms with van der Waals surface area (Å²) in [4.78, 5) is 15.2. The zero-order valence-corrected chi connectivity index (χ0v) is 12.6. The highest BCUT2D eigenvalue weighted by Gasteiger charge is 2.18. The van der Waals surface area contributed by atoms with Crippen LogP contribution in [-0.2, 0) is 11.3 Å². The van der Waals surface area contributed by atoms with Crippen LogP contribution in [0.15, 0.2) is 30.5 Å². The van der Waals surface area contributed by atoms with Gasteiger partial charge in [-0.1, -0.05) is 12.1 Å². The minimum Gasteiger partial charge on any atom is -0.361 e. The Bertz CT molecular complexity index is 595. The summed E-state index contributed by atoms with van der Waals surface area (Å²) < 4.78 is 0. The molecule has 2 aromatic rings. The average molecular weight is 273 g/mol. The molecular weight excluding hydrogens is 250 g/mol. The zero-order valence-electron chi connectivity index (χ0n) is 12.6. The van der Waals surface area contributed by atoms with Crippen LogP contribution >= 0.6 is 0 Å². The fourth-order valence-corrected chi connectivity index (χ4v) is 2.14. The van der Waals surface area contributed by atoms with Crippen molar-refractivity contribution in [1.82, 2.24) is 15.6 Å². The monoisotopic (exact) mass is 273 g/mol. The van der Waals surface area contributed by atoms with Crippen LogP contribution < -0.4 is 10.6 Å². The number of H-pyrrole nitrogens is 1. The van der Waals surface area contributed by atoms with Crippen molar-refractivity contribution in [3.05, 3.63) is 36.0 Å². The number of rotatable bonds is 4. The second kappa shape index (κ2) is 5.67. The number of hydrogen-bond donors (Lipinski definition) is 3. The molecule has 0 radical (unpaired) electrons. The van der Waals surface area contributed by atoms with Crippen LogP contribution in [0.4, 0.5) is 0 Å². The lowest BCUT2D eigenvalue weighted by Crippen LogP contribution is -2.49. The number of fused-ring (bicyclic) bond motifs is 1. The molecule has 0 saturated carbocycles. The van der Waals surface area contributed by atoms with Crippen LogP contribution in [0.25, 0.3) is 10.9 Å². The number of nitrogens with one attached hydrogen (secondary N) is 3. The van der Waals surface area contributed by atoms with E-state index in [0.29, 0.717) is 6.54 Å². The largest absolute Gasteiger partial charge is 0.361 e. The molecule has 4 nitrogen and oxygen atoms in total. The maximum absolute atomic E-state index is 12.0. The fourth-order valence-electron chi connectivity index (χ4n) is 2.14. The summed E-state index contributed by atoms with van der Waals surface area (Å²) in [5.74, 6) is 0.0266. The number of hydrogen-bond acceptors (Lipinski definition) is 2. The number of aromatic nitrogens is 1. The van der Waals surface area contributed by atoms with E-state index >= 15 is 0 Å². The Labute approximate surface area is 120 Å². The molecule has 1 unspecified atom stereocenters. The number of benzene rings is 1. The Morgan fingerprint density at radius 1 is 1.30 bits per heavy atom. The van der Waals surface area contributed by atoms with Crippen molar-refractivity contribution in [2.45, 2.75) is 45.8 Å². The Morgan fingerprint density at radius 3 is 2.75 bits per heavy atom. The van der Waals surface area contributed by atoms with Gasteiger partial charge in [0.2, 0.25) is 5.91 Å². The predicted molar refractivity (Wildman–Crippen MR) is 82.5 cm³/mol. The predicted octanol–water partition coefficient (Wildman–Crippen LogP) is 2.56. The topological polar surface area (TPSA) is 56.9 Å². The van der Waals surface area contributed by atoms with Crippen molar-refractivity contribution >= 4 is 16.8 Å². The number of aromatic amines is 1. The van der Waals surface area contributed by atoms with E-state index in [1.54, 1.807) is 0 Å². The van der Waals surface area contributed by atoms with Crippen molar-refractivity contribution in [2.75, 3.05) is 0 Å². The lowest BCUT2D eigenvalue weighted by molar-refractivity contribution is -0.124. The van der Waals surface area contributed by atoms with Gasteiger partial charge in [-0.15, -0.1) is 0 Å². The molecule has 0 aliphatic rings. The third-order valence-corrected chi connectivity index (χ3v) is 3.18. The third kappa shape index (κ3) is 3.61. The van der Waals surface area contributed by atoms with E-state index in [1.807, 2.05) is 40.0 Å². The summed E-state index contributed by atoms with van der Waals surface area (Å²) in [5.41, 5.74) is 2.11. The Morgan fingerprint density at radius 2 is 2.05 bits per heavy atom. The van der Waals surface area contributed by atoms with Crippen LogP contribution in [0, 0.1) is 0 Å². The molecule has 1 aromatic carbocycles. The molecule has 108 valence electrons.